The van der Waals surface area contributed by atoms with Crippen molar-refractivity contribution in [2.24, 2.45) is 11.8 Å². The molecule has 0 bridgehead atoms. The smallest absolute Gasteiger partial charge is 0.331 e. The van der Waals surface area contributed by atoms with Crippen molar-refractivity contribution in [1.29, 1.82) is 0 Å². The minimum Gasteiger partial charge on any atom is -0.478 e. The Balaban J connectivity index is 2.52. The monoisotopic (exact) mass is 224 g/mol. The zero-order valence-electron chi connectivity index (χ0n) is 9.11. The Morgan fingerprint density at radius 2 is 1.06 bits per heavy atom. The fourth-order valence-corrected chi connectivity index (χ4v) is 2.14. The fraction of sp³-hybridized carbons (Fsp3) is 0.500. The van der Waals surface area contributed by atoms with E-state index < -0.39 is 11.9 Å². The van der Waals surface area contributed by atoms with Crippen LogP contribution in [0.3, 0.4) is 0 Å². The van der Waals surface area contributed by atoms with E-state index in [0.29, 0.717) is 25.7 Å². The van der Waals surface area contributed by atoms with Gasteiger partial charge in [0.25, 0.3) is 0 Å². The molecule has 0 aromatic carbocycles. The lowest BCUT2D eigenvalue weighted by atomic mass is 9.76. The van der Waals surface area contributed by atoms with Crippen LogP contribution >= 0.6 is 0 Å². The van der Waals surface area contributed by atoms with E-state index in [4.69, 9.17) is 10.2 Å². The largest absolute Gasteiger partial charge is 0.478 e. The topological polar surface area (TPSA) is 74.6 Å². The summed E-state index contributed by atoms with van der Waals surface area (Å²) in [5.74, 6) is -1.95. The van der Waals surface area contributed by atoms with Crippen LogP contribution in [-0.2, 0) is 9.59 Å². The summed E-state index contributed by atoms with van der Waals surface area (Å²) in [7, 11) is 0. The standard InChI is InChI=1S/C12H16O4/c1-7(11(13)14)9-3-5-10(6-4-9)8(2)12(15)16/h9-10H,1-6H2,(H,13,14)(H,15,16). The van der Waals surface area contributed by atoms with Crippen LogP contribution in [0.5, 0.6) is 0 Å². The molecule has 0 radical (unpaired) electrons. The molecule has 88 valence electrons. The van der Waals surface area contributed by atoms with Crippen LogP contribution in [0.15, 0.2) is 24.3 Å². The second-order valence-corrected chi connectivity index (χ2v) is 4.21. The number of carboxylic acid groups (broad SMARTS) is 2. The van der Waals surface area contributed by atoms with Gasteiger partial charge in [-0.25, -0.2) is 9.59 Å². The first-order chi connectivity index (χ1) is 7.43. The molecule has 0 aromatic rings. The number of hydrogen-bond acceptors (Lipinski definition) is 2. The van der Waals surface area contributed by atoms with Crippen molar-refractivity contribution in [2.75, 3.05) is 0 Å². The molecule has 1 saturated carbocycles. The van der Waals surface area contributed by atoms with E-state index in [1.807, 2.05) is 0 Å². The van der Waals surface area contributed by atoms with E-state index in [1.165, 1.54) is 0 Å². The summed E-state index contributed by atoms with van der Waals surface area (Å²) in [5, 5.41) is 17.6. The van der Waals surface area contributed by atoms with Crippen molar-refractivity contribution < 1.29 is 19.8 Å². The van der Waals surface area contributed by atoms with E-state index >= 15 is 0 Å². The molecule has 1 fully saturated rings. The van der Waals surface area contributed by atoms with E-state index in [9.17, 15) is 9.59 Å². The Labute approximate surface area is 94.3 Å². The van der Waals surface area contributed by atoms with Crippen LogP contribution in [0.4, 0.5) is 0 Å². The highest BCUT2D eigenvalue weighted by atomic mass is 16.4. The molecule has 0 saturated heterocycles. The van der Waals surface area contributed by atoms with Gasteiger partial charge < -0.3 is 10.2 Å². The summed E-state index contributed by atoms with van der Waals surface area (Å²) in [6.07, 6.45) is 2.73. The Bertz CT molecular complexity index is 301. The zero-order chi connectivity index (χ0) is 12.3. The summed E-state index contributed by atoms with van der Waals surface area (Å²) in [6.45, 7) is 7.09. The molecule has 4 nitrogen and oxygen atoms in total. The summed E-state index contributed by atoms with van der Waals surface area (Å²) >= 11 is 0. The van der Waals surface area contributed by atoms with Crippen LogP contribution in [0.1, 0.15) is 25.7 Å². The third-order valence-electron chi connectivity index (χ3n) is 3.26. The molecular formula is C12H16O4. The number of rotatable bonds is 4. The minimum absolute atomic E-state index is 0.0182. The summed E-state index contributed by atoms with van der Waals surface area (Å²) < 4.78 is 0. The lowest BCUT2D eigenvalue weighted by Crippen LogP contribution is -2.22. The van der Waals surface area contributed by atoms with Crippen molar-refractivity contribution in [3.05, 3.63) is 24.3 Å². The Hall–Kier alpha value is -1.58. The summed E-state index contributed by atoms with van der Waals surface area (Å²) in [4.78, 5) is 21.4. The number of carboxylic acids is 2. The molecule has 1 aliphatic rings. The minimum atomic E-state index is -0.958. The predicted octanol–water partition coefficient (Wildman–Crippen LogP) is 2.07. The van der Waals surface area contributed by atoms with Gasteiger partial charge in [-0.05, 0) is 37.5 Å². The first-order valence-electron chi connectivity index (χ1n) is 5.27. The van der Waals surface area contributed by atoms with E-state index in [2.05, 4.69) is 13.2 Å². The molecule has 0 atom stereocenters. The molecule has 4 heteroatoms. The van der Waals surface area contributed by atoms with Gasteiger partial charge in [0.05, 0.1) is 0 Å². The normalized spacial score (nSPS) is 24.8. The first kappa shape index (κ1) is 12.5. The highest BCUT2D eigenvalue weighted by Gasteiger charge is 2.28. The van der Waals surface area contributed by atoms with Crippen LogP contribution in [0.2, 0.25) is 0 Å². The number of hydrogen-bond donors (Lipinski definition) is 2. The summed E-state index contributed by atoms with van der Waals surface area (Å²) in [5.41, 5.74) is 0.471. The molecule has 16 heavy (non-hydrogen) atoms. The molecule has 0 aliphatic heterocycles. The van der Waals surface area contributed by atoms with Crippen LogP contribution < -0.4 is 0 Å². The van der Waals surface area contributed by atoms with Gasteiger partial charge in [-0.1, -0.05) is 13.2 Å². The van der Waals surface area contributed by atoms with Crippen molar-refractivity contribution in [3.63, 3.8) is 0 Å². The predicted molar refractivity (Wildman–Crippen MR) is 59.0 cm³/mol. The fourth-order valence-electron chi connectivity index (χ4n) is 2.14. The van der Waals surface area contributed by atoms with Gasteiger partial charge in [-0.15, -0.1) is 0 Å². The average Bonchev–Trinajstić information content (AvgIpc) is 2.27. The second kappa shape index (κ2) is 4.96. The van der Waals surface area contributed by atoms with E-state index in [-0.39, 0.29) is 23.0 Å². The van der Waals surface area contributed by atoms with Crippen molar-refractivity contribution in [2.45, 2.75) is 25.7 Å². The third-order valence-corrected chi connectivity index (χ3v) is 3.26. The van der Waals surface area contributed by atoms with Gasteiger partial charge in [-0.2, -0.15) is 0 Å². The first-order valence-corrected chi connectivity index (χ1v) is 5.27. The van der Waals surface area contributed by atoms with Gasteiger partial charge in [0.2, 0.25) is 0 Å². The van der Waals surface area contributed by atoms with Crippen molar-refractivity contribution >= 4 is 11.9 Å². The summed E-state index contributed by atoms with van der Waals surface area (Å²) in [6, 6.07) is 0. The zero-order valence-corrected chi connectivity index (χ0v) is 9.11. The van der Waals surface area contributed by atoms with Crippen LogP contribution in [0, 0.1) is 11.8 Å². The van der Waals surface area contributed by atoms with Gasteiger partial charge in [0.1, 0.15) is 0 Å². The van der Waals surface area contributed by atoms with Crippen molar-refractivity contribution in [3.8, 4) is 0 Å². The van der Waals surface area contributed by atoms with Gasteiger partial charge in [0, 0.05) is 11.1 Å². The molecule has 0 aromatic heterocycles. The quantitative estimate of drug-likeness (QED) is 0.717. The van der Waals surface area contributed by atoms with Crippen molar-refractivity contribution in [1.82, 2.24) is 0 Å². The Morgan fingerprint density at radius 3 is 1.25 bits per heavy atom. The Kier molecular flexibility index (Phi) is 3.88. The second-order valence-electron chi connectivity index (χ2n) is 4.21. The molecule has 0 heterocycles. The van der Waals surface area contributed by atoms with E-state index in [1.54, 1.807) is 0 Å². The van der Waals surface area contributed by atoms with E-state index in [0.717, 1.165) is 0 Å². The maximum atomic E-state index is 10.7. The molecule has 0 unspecified atom stereocenters. The maximum Gasteiger partial charge on any atom is 0.331 e. The molecule has 1 aliphatic carbocycles. The molecule has 0 spiro atoms. The highest BCUT2D eigenvalue weighted by Crippen LogP contribution is 2.35. The van der Waals surface area contributed by atoms with Gasteiger partial charge >= 0.3 is 11.9 Å². The lowest BCUT2D eigenvalue weighted by molar-refractivity contribution is -0.134. The number of carbonyl (C=O) groups is 2. The molecule has 1 rings (SSSR count). The molecule has 0 amide bonds. The lowest BCUT2D eigenvalue weighted by Gasteiger charge is -2.28. The van der Waals surface area contributed by atoms with Crippen LogP contribution in [-0.4, -0.2) is 22.2 Å². The van der Waals surface area contributed by atoms with Gasteiger partial charge in [-0.3, -0.25) is 0 Å². The Morgan fingerprint density at radius 1 is 0.812 bits per heavy atom. The van der Waals surface area contributed by atoms with Crippen LogP contribution in [0.25, 0.3) is 0 Å². The SMILES string of the molecule is C=C(C(=O)O)C1CCC(C(=C)C(=O)O)CC1. The molecule has 2 N–H and O–H groups in total. The third kappa shape index (κ3) is 2.72. The highest BCUT2D eigenvalue weighted by molar-refractivity contribution is 5.87. The maximum absolute atomic E-state index is 10.7. The average molecular weight is 224 g/mol. The number of aliphatic carboxylic acids is 2. The van der Waals surface area contributed by atoms with Gasteiger partial charge in [0.15, 0.2) is 0 Å². The molecular weight excluding hydrogens is 208 g/mol.